The van der Waals surface area contributed by atoms with Crippen molar-refractivity contribution in [1.29, 1.82) is 0 Å². The summed E-state index contributed by atoms with van der Waals surface area (Å²) in [6.45, 7) is 4.03. The number of nitrogens with one attached hydrogen (secondary N) is 1. The third-order valence-corrected chi connectivity index (χ3v) is 6.25. The fourth-order valence-corrected chi connectivity index (χ4v) is 4.38. The predicted molar refractivity (Wildman–Crippen MR) is 127 cm³/mol. The van der Waals surface area contributed by atoms with Gasteiger partial charge in [-0.25, -0.2) is 14.3 Å². The van der Waals surface area contributed by atoms with Crippen LogP contribution in [0.1, 0.15) is 37.3 Å². The molecular weight excluding hydrogens is 499 g/mol. The normalized spacial score (nSPS) is 16.7. The Morgan fingerprint density at radius 3 is 2.60 bits per heavy atom. The van der Waals surface area contributed by atoms with Gasteiger partial charge in [-0.15, -0.1) is 5.10 Å². The van der Waals surface area contributed by atoms with Crippen LogP contribution in [0.4, 0.5) is 0 Å². The predicted octanol–water partition coefficient (Wildman–Crippen LogP) is 2.28. The van der Waals surface area contributed by atoms with E-state index in [0.717, 1.165) is 0 Å². The number of hydrogen-bond donors (Lipinski definition) is 2. The lowest BCUT2D eigenvalue weighted by Gasteiger charge is -2.34. The molecule has 1 aliphatic heterocycles. The first kappa shape index (κ1) is 26.6. The molecule has 3 N–H and O–H groups in total. The van der Waals surface area contributed by atoms with E-state index < -0.39 is 24.0 Å². The Morgan fingerprint density at radius 2 is 1.97 bits per heavy atom. The van der Waals surface area contributed by atoms with Gasteiger partial charge in [-0.1, -0.05) is 35.3 Å². The molecule has 0 saturated carbocycles. The number of nitrogens with zero attached hydrogens (tertiary/aromatic N) is 4. The summed E-state index contributed by atoms with van der Waals surface area (Å²) in [6.07, 6.45) is -0.939. The summed E-state index contributed by atoms with van der Waals surface area (Å²) in [4.78, 5) is 26.4. The zero-order valence-electron chi connectivity index (χ0n) is 19.7. The number of allylic oxidation sites excluding steroid dienone is 1. The molecule has 0 radical (unpaired) electrons. The average Bonchev–Trinajstić information content (AvgIpc) is 3.28. The minimum Gasteiger partial charge on any atom is -0.466 e. The van der Waals surface area contributed by atoms with Gasteiger partial charge in [0.2, 0.25) is 0 Å². The number of carbonyl (C=O) groups is 2. The second-order valence-corrected chi connectivity index (χ2v) is 8.23. The maximum atomic E-state index is 13.4. The first-order valence-corrected chi connectivity index (χ1v) is 11.5. The van der Waals surface area contributed by atoms with Crippen LogP contribution in [-0.4, -0.2) is 59.5 Å². The van der Waals surface area contributed by atoms with E-state index in [1.165, 1.54) is 18.9 Å². The van der Waals surface area contributed by atoms with E-state index in [2.05, 4.69) is 20.8 Å². The molecule has 188 valence electrons. The monoisotopic (exact) mass is 524 g/mol. The molecule has 11 nitrogen and oxygen atoms in total. The van der Waals surface area contributed by atoms with E-state index in [4.69, 9.17) is 43.1 Å². The number of methoxy groups -OCH3 is 2. The smallest absolute Gasteiger partial charge is 0.336 e. The van der Waals surface area contributed by atoms with Crippen LogP contribution in [0.3, 0.4) is 0 Å². The highest BCUT2D eigenvalue weighted by Gasteiger charge is 2.43. The largest absolute Gasteiger partial charge is 0.466 e. The number of hydrogen-bond acceptors (Lipinski definition) is 10. The Hall–Kier alpha value is -2.99. The van der Waals surface area contributed by atoms with Gasteiger partial charge in [0.15, 0.2) is 11.9 Å². The van der Waals surface area contributed by atoms with Crippen LogP contribution in [0.15, 0.2) is 40.7 Å². The van der Waals surface area contributed by atoms with Crippen molar-refractivity contribution in [3.63, 3.8) is 0 Å². The molecule has 2 atom stereocenters. The number of dihydropyridines is 1. The lowest BCUT2D eigenvalue weighted by Crippen LogP contribution is -2.36. The zero-order valence-corrected chi connectivity index (χ0v) is 21.2. The Balaban J connectivity index is 2.36. The summed E-state index contributed by atoms with van der Waals surface area (Å²) in [7, 11) is 2.70. The first-order chi connectivity index (χ1) is 16.8. The summed E-state index contributed by atoms with van der Waals surface area (Å²) < 4.78 is 17.7. The molecule has 1 aromatic carbocycles. The Kier molecular flexibility index (Phi) is 8.84. The van der Waals surface area contributed by atoms with Gasteiger partial charge >= 0.3 is 11.9 Å². The summed E-state index contributed by atoms with van der Waals surface area (Å²) in [5, 5.41) is 15.3. The van der Waals surface area contributed by atoms with Crippen molar-refractivity contribution in [2.45, 2.75) is 32.4 Å². The van der Waals surface area contributed by atoms with Crippen LogP contribution < -0.4 is 11.1 Å². The lowest BCUT2D eigenvalue weighted by atomic mass is 9.79. The number of tetrazole rings is 1. The van der Waals surface area contributed by atoms with Gasteiger partial charge in [0, 0.05) is 19.4 Å². The second kappa shape index (κ2) is 11.6. The number of benzene rings is 1. The topological polar surface area (TPSA) is 143 Å². The molecule has 0 saturated heterocycles. The van der Waals surface area contributed by atoms with Crippen molar-refractivity contribution in [2.24, 2.45) is 5.73 Å². The van der Waals surface area contributed by atoms with E-state index in [9.17, 15) is 9.59 Å². The van der Waals surface area contributed by atoms with Crippen molar-refractivity contribution in [3.05, 3.63) is 62.2 Å². The molecule has 1 aromatic heterocycles. The molecule has 0 spiro atoms. The maximum absolute atomic E-state index is 13.4. The van der Waals surface area contributed by atoms with Gasteiger partial charge in [0.05, 0.1) is 53.1 Å². The molecule has 2 unspecified atom stereocenters. The molecule has 0 fully saturated rings. The van der Waals surface area contributed by atoms with Crippen molar-refractivity contribution < 1.29 is 23.8 Å². The van der Waals surface area contributed by atoms with E-state index >= 15 is 0 Å². The summed E-state index contributed by atoms with van der Waals surface area (Å²) in [6, 6.07) is 4.96. The second-order valence-electron chi connectivity index (χ2n) is 7.44. The number of aromatic nitrogens is 4. The maximum Gasteiger partial charge on any atom is 0.336 e. The standard InChI is InChI=1S/C22H26Cl2N6O5/c1-5-35-22(32)16-15(12-7-6-8-13(23)17(12)24)14(21(31)34-4)11(2)26-18(16)19(33-3)20-27-28-29-30(20)10-9-25/h6-8,15,19,26H,5,9-10,25H2,1-4H3. The number of halogens is 2. The molecular formula is C22H26Cl2N6O5. The molecule has 2 heterocycles. The van der Waals surface area contributed by atoms with Crippen LogP contribution in [0.2, 0.25) is 10.0 Å². The Bertz CT molecular complexity index is 1180. The average molecular weight is 525 g/mol. The van der Waals surface area contributed by atoms with E-state index in [1.54, 1.807) is 32.0 Å². The number of rotatable bonds is 9. The summed E-state index contributed by atoms with van der Waals surface area (Å²) in [5.74, 6) is -2.03. The van der Waals surface area contributed by atoms with Gasteiger partial charge in [-0.2, -0.15) is 0 Å². The minimum absolute atomic E-state index is 0.0798. The summed E-state index contributed by atoms with van der Waals surface area (Å²) >= 11 is 12.9. The quantitative estimate of drug-likeness (QED) is 0.468. The molecule has 2 aromatic rings. The Morgan fingerprint density at radius 1 is 1.23 bits per heavy atom. The summed E-state index contributed by atoms with van der Waals surface area (Å²) in [5.41, 5.74) is 7.06. The lowest BCUT2D eigenvalue weighted by molar-refractivity contribution is -0.139. The Labute approximate surface area is 212 Å². The fourth-order valence-electron chi connectivity index (χ4n) is 3.97. The highest BCUT2D eigenvalue weighted by Crippen LogP contribution is 2.45. The van der Waals surface area contributed by atoms with Crippen molar-refractivity contribution in [3.8, 4) is 0 Å². The van der Waals surface area contributed by atoms with Crippen LogP contribution in [-0.2, 0) is 30.3 Å². The van der Waals surface area contributed by atoms with Crippen molar-refractivity contribution in [2.75, 3.05) is 27.4 Å². The van der Waals surface area contributed by atoms with Crippen molar-refractivity contribution >= 4 is 35.1 Å². The molecule has 0 amide bonds. The zero-order chi connectivity index (χ0) is 25.7. The third-order valence-electron chi connectivity index (χ3n) is 5.42. The molecule has 3 rings (SSSR count). The van der Waals surface area contributed by atoms with Crippen LogP contribution >= 0.6 is 23.2 Å². The highest BCUT2D eigenvalue weighted by atomic mass is 35.5. The highest BCUT2D eigenvalue weighted by molar-refractivity contribution is 6.42. The number of nitrogens with two attached hydrogens (primary N) is 1. The van der Waals surface area contributed by atoms with Crippen LogP contribution in [0, 0.1) is 0 Å². The molecule has 1 aliphatic rings. The number of ether oxygens (including phenoxy) is 3. The fraction of sp³-hybridized carbons (Fsp3) is 0.409. The van der Waals surface area contributed by atoms with Gasteiger partial charge in [-0.05, 0) is 35.9 Å². The third kappa shape index (κ3) is 5.18. The van der Waals surface area contributed by atoms with E-state index in [0.29, 0.717) is 23.6 Å². The van der Waals surface area contributed by atoms with E-state index in [1.807, 2.05) is 0 Å². The van der Waals surface area contributed by atoms with Crippen LogP contribution in [0.25, 0.3) is 0 Å². The first-order valence-electron chi connectivity index (χ1n) is 10.7. The van der Waals surface area contributed by atoms with E-state index in [-0.39, 0.29) is 40.0 Å². The van der Waals surface area contributed by atoms with Crippen LogP contribution in [0.5, 0.6) is 0 Å². The molecule has 0 aliphatic carbocycles. The van der Waals surface area contributed by atoms with Gasteiger partial charge in [-0.3, -0.25) is 0 Å². The SMILES string of the molecule is CCOC(=O)C1=C(C(OC)c2nnnn2CCN)NC(C)=C(C(=O)OC)C1c1cccc(Cl)c1Cl. The molecule has 13 heteroatoms. The number of carbonyl (C=O) groups excluding carboxylic acids is 2. The van der Waals surface area contributed by atoms with Gasteiger partial charge < -0.3 is 25.3 Å². The van der Waals surface area contributed by atoms with Gasteiger partial charge in [0.1, 0.15) is 0 Å². The van der Waals surface area contributed by atoms with Crippen molar-refractivity contribution in [1.82, 2.24) is 25.5 Å². The molecule has 0 bridgehead atoms. The van der Waals surface area contributed by atoms with Gasteiger partial charge in [0.25, 0.3) is 0 Å². The minimum atomic E-state index is -0.986. The number of esters is 2. The molecule has 35 heavy (non-hydrogen) atoms.